The molecule has 0 saturated carbocycles. The number of rotatable bonds is 5. The van der Waals surface area contributed by atoms with Gasteiger partial charge in [-0.1, -0.05) is 30.7 Å². The lowest BCUT2D eigenvalue weighted by Crippen LogP contribution is -2.36. The lowest BCUT2D eigenvalue weighted by atomic mass is 10.0. The standard InChI is InChI=1S/C23H25FN4O/c1-17-6-4-5-14-27(17)16-18-9-11-19(12-10-18)25-23(29)21-13-15-28(26-21)22-8-3-2-7-20(22)24/h2-3,7-13,15,17H,4-6,14,16H2,1H3,(H,25,29). The van der Waals surface area contributed by atoms with Gasteiger partial charge in [0, 0.05) is 24.5 Å². The fraction of sp³-hybridized carbons (Fsp3) is 0.304. The molecule has 1 aliphatic heterocycles. The van der Waals surface area contributed by atoms with Crippen LogP contribution in [-0.2, 0) is 6.54 Å². The molecule has 5 nitrogen and oxygen atoms in total. The molecule has 0 bridgehead atoms. The van der Waals surface area contributed by atoms with E-state index in [4.69, 9.17) is 0 Å². The highest BCUT2D eigenvalue weighted by Gasteiger charge is 2.18. The average Bonchev–Trinajstić information content (AvgIpc) is 3.22. The van der Waals surface area contributed by atoms with Gasteiger partial charge in [-0.05, 0) is 62.2 Å². The van der Waals surface area contributed by atoms with Crippen LogP contribution >= 0.6 is 0 Å². The molecule has 1 N–H and O–H groups in total. The molecule has 4 rings (SSSR count). The van der Waals surface area contributed by atoms with Crippen molar-refractivity contribution in [3.05, 3.63) is 77.9 Å². The molecule has 0 aliphatic carbocycles. The number of nitrogens with one attached hydrogen (secondary N) is 1. The van der Waals surface area contributed by atoms with Gasteiger partial charge < -0.3 is 5.32 Å². The zero-order valence-corrected chi connectivity index (χ0v) is 16.5. The molecule has 2 heterocycles. The van der Waals surface area contributed by atoms with Crippen LogP contribution in [0.25, 0.3) is 5.69 Å². The van der Waals surface area contributed by atoms with Gasteiger partial charge >= 0.3 is 0 Å². The Morgan fingerprint density at radius 2 is 1.93 bits per heavy atom. The summed E-state index contributed by atoms with van der Waals surface area (Å²) in [5, 5.41) is 7.05. The molecule has 0 spiro atoms. The minimum Gasteiger partial charge on any atom is -0.321 e. The van der Waals surface area contributed by atoms with Crippen molar-refractivity contribution in [2.24, 2.45) is 0 Å². The maximum absolute atomic E-state index is 13.9. The molecule has 0 radical (unpaired) electrons. The Morgan fingerprint density at radius 1 is 1.14 bits per heavy atom. The normalized spacial score (nSPS) is 17.2. The molecule has 1 saturated heterocycles. The van der Waals surface area contributed by atoms with E-state index in [1.54, 1.807) is 30.5 Å². The fourth-order valence-electron chi connectivity index (χ4n) is 3.73. The number of hydrogen-bond acceptors (Lipinski definition) is 3. The predicted molar refractivity (Wildman–Crippen MR) is 112 cm³/mol. The van der Waals surface area contributed by atoms with E-state index < -0.39 is 0 Å². The van der Waals surface area contributed by atoms with Gasteiger partial charge in [0.25, 0.3) is 5.91 Å². The first kappa shape index (κ1) is 19.3. The van der Waals surface area contributed by atoms with Crippen molar-refractivity contribution in [3.8, 4) is 5.69 Å². The van der Waals surface area contributed by atoms with Crippen LogP contribution in [-0.4, -0.2) is 33.2 Å². The average molecular weight is 392 g/mol. The maximum atomic E-state index is 13.9. The Bertz CT molecular complexity index is 983. The predicted octanol–water partition coefficient (Wildman–Crippen LogP) is 4.64. The number of carbonyl (C=O) groups is 1. The summed E-state index contributed by atoms with van der Waals surface area (Å²) in [7, 11) is 0. The Morgan fingerprint density at radius 3 is 2.69 bits per heavy atom. The van der Waals surface area contributed by atoms with Crippen LogP contribution in [0.15, 0.2) is 60.8 Å². The Kier molecular flexibility index (Phi) is 5.71. The molecule has 2 aromatic carbocycles. The van der Waals surface area contributed by atoms with E-state index in [0.717, 1.165) is 13.1 Å². The monoisotopic (exact) mass is 392 g/mol. The molecule has 1 fully saturated rings. The van der Waals surface area contributed by atoms with Gasteiger partial charge in [0.05, 0.1) is 0 Å². The summed E-state index contributed by atoms with van der Waals surface area (Å²) >= 11 is 0. The van der Waals surface area contributed by atoms with E-state index in [-0.39, 0.29) is 17.4 Å². The summed E-state index contributed by atoms with van der Waals surface area (Å²) in [5.74, 6) is -0.710. The Hall–Kier alpha value is -2.99. The van der Waals surface area contributed by atoms with E-state index in [1.807, 2.05) is 12.1 Å². The number of hydrogen-bond donors (Lipinski definition) is 1. The second kappa shape index (κ2) is 8.57. The quantitative estimate of drug-likeness (QED) is 0.688. The number of para-hydroxylation sites is 1. The van der Waals surface area contributed by atoms with Crippen LogP contribution in [0, 0.1) is 5.82 Å². The topological polar surface area (TPSA) is 50.2 Å². The van der Waals surface area contributed by atoms with Crippen molar-refractivity contribution in [1.82, 2.24) is 14.7 Å². The number of aromatic nitrogens is 2. The van der Waals surface area contributed by atoms with Gasteiger partial charge in [0.2, 0.25) is 0 Å². The Balaban J connectivity index is 1.39. The molecular weight excluding hydrogens is 367 g/mol. The van der Waals surface area contributed by atoms with Crippen LogP contribution in [0.5, 0.6) is 0 Å². The maximum Gasteiger partial charge on any atom is 0.276 e. The zero-order valence-electron chi connectivity index (χ0n) is 16.5. The van der Waals surface area contributed by atoms with Crippen molar-refractivity contribution in [3.63, 3.8) is 0 Å². The number of likely N-dealkylation sites (tertiary alicyclic amines) is 1. The first-order chi connectivity index (χ1) is 14.1. The van der Waals surface area contributed by atoms with Gasteiger partial charge in [-0.15, -0.1) is 0 Å². The van der Waals surface area contributed by atoms with E-state index in [1.165, 1.54) is 35.6 Å². The first-order valence-electron chi connectivity index (χ1n) is 10.0. The third kappa shape index (κ3) is 4.54. The van der Waals surface area contributed by atoms with Gasteiger partial charge in [0.15, 0.2) is 5.69 Å². The molecule has 29 heavy (non-hydrogen) atoms. The lowest BCUT2D eigenvalue weighted by Gasteiger charge is -2.33. The number of anilines is 1. The summed E-state index contributed by atoms with van der Waals surface area (Å²) < 4.78 is 15.3. The molecular formula is C23H25FN4O. The number of piperidine rings is 1. The van der Waals surface area contributed by atoms with Crippen LogP contribution in [0.2, 0.25) is 0 Å². The molecule has 1 unspecified atom stereocenters. The molecule has 1 aliphatic rings. The second-order valence-corrected chi connectivity index (χ2v) is 7.56. The van der Waals surface area contributed by atoms with Gasteiger partial charge in [-0.3, -0.25) is 9.69 Å². The zero-order chi connectivity index (χ0) is 20.2. The summed E-state index contributed by atoms with van der Waals surface area (Å²) in [6, 6.07) is 16.4. The fourth-order valence-corrected chi connectivity index (χ4v) is 3.73. The minimum atomic E-state index is -0.388. The van der Waals surface area contributed by atoms with Gasteiger partial charge in [-0.25, -0.2) is 9.07 Å². The van der Waals surface area contributed by atoms with E-state index in [2.05, 4.69) is 34.4 Å². The highest BCUT2D eigenvalue weighted by molar-refractivity contribution is 6.02. The number of carbonyl (C=O) groups excluding carboxylic acids is 1. The summed E-state index contributed by atoms with van der Waals surface area (Å²) in [6.45, 7) is 4.36. The van der Waals surface area contributed by atoms with Crippen molar-refractivity contribution >= 4 is 11.6 Å². The van der Waals surface area contributed by atoms with Crippen molar-refractivity contribution < 1.29 is 9.18 Å². The number of nitrogens with zero attached hydrogens (tertiary/aromatic N) is 3. The molecule has 150 valence electrons. The van der Waals surface area contributed by atoms with Crippen molar-refractivity contribution in [1.29, 1.82) is 0 Å². The lowest BCUT2D eigenvalue weighted by molar-refractivity contribution is 0.102. The molecule has 3 aromatic rings. The summed E-state index contributed by atoms with van der Waals surface area (Å²) in [6.07, 6.45) is 5.41. The van der Waals surface area contributed by atoms with E-state index in [9.17, 15) is 9.18 Å². The third-order valence-electron chi connectivity index (χ3n) is 5.46. The van der Waals surface area contributed by atoms with E-state index in [0.29, 0.717) is 17.4 Å². The van der Waals surface area contributed by atoms with Crippen molar-refractivity contribution in [2.45, 2.75) is 38.8 Å². The Labute approximate surface area is 170 Å². The van der Waals surface area contributed by atoms with Crippen LogP contribution in [0.4, 0.5) is 10.1 Å². The number of amides is 1. The molecule has 6 heteroatoms. The van der Waals surface area contributed by atoms with E-state index >= 15 is 0 Å². The first-order valence-corrected chi connectivity index (χ1v) is 10.0. The minimum absolute atomic E-state index is 0.236. The smallest absolute Gasteiger partial charge is 0.276 e. The van der Waals surface area contributed by atoms with Crippen LogP contribution in [0.3, 0.4) is 0 Å². The summed E-state index contributed by atoms with van der Waals surface area (Å²) in [4.78, 5) is 15.0. The summed E-state index contributed by atoms with van der Waals surface area (Å²) in [5.41, 5.74) is 2.49. The van der Waals surface area contributed by atoms with Gasteiger partial charge in [-0.2, -0.15) is 5.10 Å². The largest absolute Gasteiger partial charge is 0.321 e. The molecule has 1 amide bonds. The molecule has 1 atom stereocenters. The number of benzene rings is 2. The van der Waals surface area contributed by atoms with Gasteiger partial charge in [0.1, 0.15) is 11.5 Å². The second-order valence-electron chi connectivity index (χ2n) is 7.56. The SMILES string of the molecule is CC1CCCCN1Cc1ccc(NC(=O)c2ccn(-c3ccccc3F)n2)cc1. The molecule has 1 aromatic heterocycles. The van der Waals surface area contributed by atoms with Crippen LogP contribution in [0.1, 0.15) is 42.2 Å². The van der Waals surface area contributed by atoms with Crippen molar-refractivity contribution in [2.75, 3.05) is 11.9 Å². The number of halogens is 1. The highest BCUT2D eigenvalue weighted by atomic mass is 19.1. The third-order valence-corrected chi connectivity index (χ3v) is 5.46. The van der Waals surface area contributed by atoms with Crippen LogP contribution < -0.4 is 5.32 Å². The highest BCUT2D eigenvalue weighted by Crippen LogP contribution is 2.20.